The number of nitrogens with zero attached hydrogens (tertiary/aromatic N) is 7. The van der Waals surface area contributed by atoms with Crippen LogP contribution in [0.3, 0.4) is 0 Å². The Bertz CT molecular complexity index is 1060. The number of aromatic nitrogens is 6. The summed E-state index contributed by atoms with van der Waals surface area (Å²) in [7, 11) is 0. The first-order chi connectivity index (χ1) is 14.0. The molecule has 0 atom stereocenters. The summed E-state index contributed by atoms with van der Waals surface area (Å²) >= 11 is 0. The molecule has 0 N–H and O–H groups in total. The lowest BCUT2D eigenvalue weighted by Crippen LogP contribution is -2.49. The molecule has 2 aliphatic rings. The van der Waals surface area contributed by atoms with Crippen molar-refractivity contribution in [1.82, 2.24) is 34.2 Å². The van der Waals surface area contributed by atoms with Crippen LogP contribution in [0.15, 0.2) is 29.1 Å². The van der Waals surface area contributed by atoms with E-state index in [0.29, 0.717) is 18.3 Å². The fourth-order valence-corrected chi connectivity index (χ4v) is 4.49. The van der Waals surface area contributed by atoms with E-state index in [1.165, 1.54) is 24.2 Å². The van der Waals surface area contributed by atoms with E-state index in [4.69, 9.17) is 5.10 Å². The van der Waals surface area contributed by atoms with Crippen LogP contribution in [-0.4, -0.2) is 47.3 Å². The average Bonchev–Trinajstić information content (AvgIpc) is 3.23. The van der Waals surface area contributed by atoms with E-state index in [-0.39, 0.29) is 5.56 Å². The normalized spacial score (nSPS) is 17.3. The van der Waals surface area contributed by atoms with Gasteiger partial charge in [-0.05, 0) is 51.3 Å². The van der Waals surface area contributed by atoms with E-state index in [0.717, 1.165) is 44.0 Å². The Hall–Kier alpha value is -2.74. The standard InChI is InChI=1S/C21H27N7O/c1-15-9-16(2)28(22-15)20-6-7-21(29)27(24-20)13-17-11-25(12-17)14-18-10-19-5-3-4-8-26(19)23-18/h6-7,9-10,17H,3-5,8,11-14H2,1-2H3. The van der Waals surface area contributed by atoms with Gasteiger partial charge in [0.25, 0.3) is 5.56 Å². The third-order valence-electron chi connectivity index (χ3n) is 5.90. The fraction of sp³-hybridized carbons (Fsp3) is 0.524. The van der Waals surface area contributed by atoms with Gasteiger partial charge in [-0.2, -0.15) is 10.2 Å². The molecule has 1 fully saturated rings. The largest absolute Gasteiger partial charge is 0.297 e. The first-order valence-electron chi connectivity index (χ1n) is 10.4. The maximum atomic E-state index is 12.3. The smallest absolute Gasteiger partial charge is 0.266 e. The lowest BCUT2D eigenvalue weighted by atomic mass is 10.00. The number of aryl methyl sites for hydroxylation is 4. The highest BCUT2D eigenvalue weighted by Gasteiger charge is 2.28. The SMILES string of the molecule is Cc1cc(C)n(-c2ccc(=O)n(CC3CN(Cc4cc5n(n4)CCCC5)C3)n2)n1. The fourth-order valence-electron chi connectivity index (χ4n) is 4.49. The minimum Gasteiger partial charge on any atom is -0.297 e. The molecule has 0 aromatic carbocycles. The van der Waals surface area contributed by atoms with Crippen LogP contribution in [0.1, 0.15) is 35.6 Å². The van der Waals surface area contributed by atoms with E-state index in [1.54, 1.807) is 21.5 Å². The summed E-state index contributed by atoms with van der Waals surface area (Å²) in [4.78, 5) is 14.7. The Morgan fingerprint density at radius 1 is 1.07 bits per heavy atom. The van der Waals surface area contributed by atoms with Crippen molar-refractivity contribution in [2.45, 2.75) is 52.7 Å². The first-order valence-corrected chi connectivity index (χ1v) is 10.4. The van der Waals surface area contributed by atoms with Crippen molar-refractivity contribution in [3.63, 3.8) is 0 Å². The van der Waals surface area contributed by atoms with Crippen molar-refractivity contribution >= 4 is 0 Å². The summed E-state index contributed by atoms with van der Waals surface area (Å²) in [5, 5.41) is 13.8. The van der Waals surface area contributed by atoms with Gasteiger partial charge in [0.15, 0.2) is 5.82 Å². The van der Waals surface area contributed by atoms with Crippen molar-refractivity contribution in [1.29, 1.82) is 0 Å². The van der Waals surface area contributed by atoms with Gasteiger partial charge in [0.05, 0.1) is 17.9 Å². The number of hydrogen-bond acceptors (Lipinski definition) is 5. The van der Waals surface area contributed by atoms with Gasteiger partial charge < -0.3 is 0 Å². The molecule has 0 unspecified atom stereocenters. The molecule has 2 aliphatic heterocycles. The highest BCUT2D eigenvalue weighted by Crippen LogP contribution is 2.21. The maximum absolute atomic E-state index is 12.3. The summed E-state index contributed by atoms with van der Waals surface area (Å²) in [5.41, 5.74) is 4.44. The number of rotatable bonds is 5. The molecule has 5 rings (SSSR count). The molecule has 8 nitrogen and oxygen atoms in total. The molecule has 3 aromatic rings. The predicted molar refractivity (Wildman–Crippen MR) is 109 cm³/mol. The van der Waals surface area contributed by atoms with E-state index in [9.17, 15) is 4.79 Å². The summed E-state index contributed by atoms with van der Waals surface area (Å²) in [6.45, 7) is 8.49. The van der Waals surface area contributed by atoms with Crippen LogP contribution < -0.4 is 5.56 Å². The lowest BCUT2D eigenvalue weighted by molar-refractivity contribution is 0.0751. The minimum absolute atomic E-state index is 0.0597. The molecular formula is C21H27N7O. The van der Waals surface area contributed by atoms with Crippen LogP contribution in [0.25, 0.3) is 5.82 Å². The van der Waals surface area contributed by atoms with Gasteiger partial charge in [-0.1, -0.05) is 0 Å². The predicted octanol–water partition coefficient (Wildman–Crippen LogP) is 1.71. The summed E-state index contributed by atoms with van der Waals surface area (Å²) in [6.07, 6.45) is 3.66. The molecule has 0 amide bonds. The van der Waals surface area contributed by atoms with Gasteiger partial charge in [-0.15, -0.1) is 5.10 Å². The average molecular weight is 393 g/mol. The van der Waals surface area contributed by atoms with E-state index >= 15 is 0 Å². The Balaban J connectivity index is 1.22. The zero-order chi connectivity index (χ0) is 20.0. The number of fused-ring (bicyclic) bond motifs is 1. The molecule has 0 saturated carbocycles. The quantitative estimate of drug-likeness (QED) is 0.660. The lowest BCUT2D eigenvalue weighted by Gasteiger charge is -2.38. The molecule has 1 saturated heterocycles. The van der Waals surface area contributed by atoms with Gasteiger partial charge in [0, 0.05) is 49.6 Å². The Morgan fingerprint density at radius 3 is 2.69 bits per heavy atom. The van der Waals surface area contributed by atoms with Crippen LogP contribution in [0, 0.1) is 19.8 Å². The molecule has 152 valence electrons. The Morgan fingerprint density at radius 2 is 1.93 bits per heavy atom. The maximum Gasteiger partial charge on any atom is 0.266 e. The van der Waals surface area contributed by atoms with Gasteiger partial charge >= 0.3 is 0 Å². The van der Waals surface area contributed by atoms with Crippen molar-refractivity contribution in [3.8, 4) is 5.82 Å². The Labute approximate surface area is 169 Å². The zero-order valence-corrected chi connectivity index (χ0v) is 17.1. The van der Waals surface area contributed by atoms with Crippen molar-refractivity contribution in [3.05, 3.63) is 57.4 Å². The highest BCUT2D eigenvalue weighted by atomic mass is 16.1. The van der Waals surface area contributed by atoms with Gasteiger partial charge in [0.1, 0.15) is 0 Å². The topological polar surface area (TPSA) is 73.8 Å². The van der Waals surface area contributed by atoms with Gasteiger partial charge in [0.2, 0.25) is 0 Å². The molecule has 0 bridgehead atoms. The van der Waals surface area contributed by atoms with Crippen molar-refractivity contribution < 1.29 is 0 Å². The monoisotopic (exact) mass is 393 g/mol. The second-order valence-corrected chi connectivity index (χ2v) is 8.42. The third kappa shape index (κ3) is 3.64. The Kier molecular flexibility index (Phi) is 4.58. The zero-order valence-electron chi connectivity index (χ0n) is 17.1. The second-order valence-electron chi connectivity index (χ2n) is 8.42. The number of hydrogen-bond donors (Lipinski definition) is 0. The number of likely N-dealkylation sites (tertiary alicyclic amines) is 1. The molecule has 29 heavy (non-hydrogen) atoms. The summed E-state index contributed by atoms with van der Waals surface area (Å²) in [6, 6.07) is 7.60. The van der Waals surface area contributed by atoms with Crippen molar-refractivity contribution in [2.75, 3.05) is 13.1 Å². The molecule has 3 aromatic heterocycles. The first kappa shape index (κ1) is 18.3. The van der Waals surface area contributed by atoms with Crippen LogP contribution in [-0.2, 0) is 26.1 Å². The summed E-state index contributed by atoms with van der Waals surface area (Å²) < 4.78 is 5.55. The molecular weight excluding hydrogens is 366 g/mol. The van der Waals surface area contributed by atoms with Crippen LogP contribution in [0.2, 0.25) is 0 Å². The second kappa shape index (κ2) is 7.26. The molecule has 0 aliphatic carbocycles. The van der Waals surface area contributed by atoms with Crippen molar-refractivity contribution in [2.24, 2.45) is 5.92 Å². The molecule has 5 heterocycles. The highest BCUT2D eigenvalue weighted by molar-refractivity contribution is 5.23. The van der Waals surface area contributed by atoms with E-state index in [2.05, 4.69) is 25.8 Å². The van der Waals surface area contributed by atoms with E-state index in [1.807, 2.05) is 19.9 Å². The molecule has 0 radical (unpaired) electrons. The minimum atomic E-state index is -0.0597. The van der Waals surface area contributed by atoms with Crippen LogP contribution in [0.4, 0.5) is 0 Å². The molecule has 0 spiro atoms. The van der Waals surface area contributed by atoms with E-state index < -0.39 is 0 Å². The van der Waals surface area contributed by atoms with Gasteiger partial charge in [-0.25, -0.2) is 9.36 Å². The van der Waals surface area contributed by atoms with Gasteiger partial charge in [-0.3, -0.25) is 14.4 Å². The van der Waals surface area contributed by atoms with Crippen LogP contribution in [0.5, 0.6) is 0 Å². The third-order valence-corrected chi connectivity index (χ3v) is 5.90. The molecule has 8 heteroatoms. The summed E-state index contributed by atoms with van der Waals surface area (Å²) in [5.74, 6) is 1.13. The van der Waals surface area contributed by atoms with Crippen LogP contribution >= 0.6 is 0 Å².